The molecule has 0 saturated heterocycles. The summed E-state index contributed by atoms with van der Waals surface area (Å²) in [4.78, 5) is 14.2. The third kappa shape index (κ3) is 5.56. The summed E-state index contributed by atoms with van der Waals surface area (Å²) in [6.45, 7) is 0. The molecule has 0 radical (unpaired) electrons. The fourth-order valence-electron chi connectivity index (χ4n) is 6.66. The van der Waals surface area contributed by atoms with E-state index in [1.54, 1.807) is 18.2 Å². The Bertz CT molecular complexity index is 4320. The highest BCUT2D eigenvalue weighted by Gasteiger charge is 2.18. The molecule has 0 atom stereocenters. The van der Waals surface area contributed by atoms with Crippen LogP contribution in [0.1, 0.15) is 26.0 Å². The Morgan fingerprint density at radius 2 is 0.946 bits per heavy atom. The van der Waals surface area contributed by atoms with Crippen molar-refractivity contribution in [2.75, 3.05) is 0 Å². The second-order valence-electron chi connectivity index (χ2n) is 12.6. The molecule has 11 aromatic rings. The van der Waals surface area contributed by atoms with E-state index in [9.17, 15) is 8.22 Å². The summed E-state index contributed by atoms with van der Waals surface area (Å²) in [6.07, 6.45) is 0. The Morgan fingerprint density at radius 3 is 1.73 bits per heavy atom. The van der Waals surface area contributed by atoms with E-state index in [0.717, 1.165) is 32.6 Å². The van der Waals surface area contributed by atoms with Crippen LogP contribution >= 0.6 is 11.3 Å². The minimum absolute atomic E-state index is 0.0118. The molecule has 0 bridgehead atoms. The van der Waals surface area contributed by atoms with Gasteiger partial charge < -0.3 is 4.57 Å². The maximum absolute atomic E-state index is 9.95. The molecule has 11 rings (SSSR count). The summed E-state index contributed by atoms with van der Waals surface area (Å²) in [6, 6.07) is 11.9. The number of hydrogen-bond acceptors (Lipinski definition) is 4. The molecule has 0 aliphatic carbocycles. The number of rotatable bonds is 6. The Labute approximate surface area is 354 Å². The SMILES string of the molecule is [2H]c1c([2H])c([2H])c(-n2c3c([2H])c([2H])c([2H])c([2H])c3c3c([2H])c([2H])c(-c4nc(-c5cccc(-c6ccc(-c7ccccc7)cc6)c5)nc(-c5c([2H])c([2H])c6c(sc7c([2H])c([2H])c([2H])c([2H])c76)c5[2H])n4)c([2H])c32)c([2H])c1[2H]. The number of thiophene rings is 1. The van der Waals surface area contributed by atoms with Crippen molar-refractivity contribution in [1.82, 2.24) is 19.5 Å². The average molecular weight is 752 g/mol. The van der Waals surface area contributed by atoms with Gasteiger partial charge in [0.05, 0.1) is 37.1 Å². The van der Waals surface area contributed by atoms with Crippen LogP contribution in [0.25, 0.3) is 104 Å². The van der Waals surface area contributed by atoms with Gasteiger partial charge in [0, 0.05) is 53.3 Å². The highest BCUT2D eigenvalue weighted by Crippen LogP contribution is 2.38. The highest BCUT2D eigenvalue weighted by atomic mass is 32.1. The third-order valence-corrected chi connectivity index (χ3v) is 10.3. The van der Waals surface area contributed by atoms with Crippen LogP contribution in [0.2, 0.25) is 0 Å². The molecule has 56 heavy (non-hydrogen) atoms. The van der Waals surface area contributed by atoms with E-state index < -0.39 is 149 Å². The van der Waals surface area contributed by atoms with E-state index >= 15 is 0 Å². The zero-order chi connectivity index (χ0) is 53.5. The summed E-state index contributed by atoms with van der Waals surface area (Å²) in [5.74, 6) is -1.07. The van der Waals surface area contributed by atoms with Crippen molar-refractivity contribution < 1.29 is 26.0 Å². The van der Waals surface area contributed by atoms with Gasteiger partial charge in [0.2, 0.25) is 0 Å². The van der Waals surface area contributed by atoms with E-state index in [1.165, 1.54) is 0 Å². The monoisotopic (exact) mass is 751 g/mol. The molecule has 0 spiro atoms. The third-order valence-electron chi connectivity index (χ3n) is 9.28. The molecule has 0 N–H and O–H groups in total. The van der Waals surface area contributed by atoms with Gasteiger partial charge in [-0.15, -0.1) is 11.3 Å². The summed E-state index contributed by atoms with van der Waals surface area (Å²) in [5.41, 5.74) is 1.38. The average Bonchev–Trinajstić information content (AvgIpc) is 4.05. The second kappa shape index (κ2) is 13.3. The predicted octanol–water partition coefficient (Wildman–Crippen LogP) is 13.7. The van der Waals surface area contributed by atoms with Crippen molar-refractivity contribution in [3.05, 3.63) is 194 Å². The summed E-state index contributed by atoms with van der Waals surface area (Å²) in [7, 11) is 0. The van der Waals surface area contributed by atoms with Crippen LogP contribution in [0.15, 0.2) is 194 Å². The normalized spacial score (nSPS) is 16.3. The number of para-hydroxylation sites is 2. The van der Waals surface area contributed by atoms with Crippen LogP contribution in [0.3, 0.4) is 0 Å². The molecule has 0 saturated carbocycles. The molecule has 8 aromatic carbocycles. The molecule has 3 heterocycles. The topological polar surface area (TPSA) is 43.6 Å². The van der Waals surface area contributed by atoms with Gasteiger partial charge in [0.1, 0.15) is 0 Å². The first kappa shape index (κ1) is 18.4. The highest BCUT2D eigenvalue weighted by molar-refractivity contribution is 7.25. The van der Waals surface area contributed by atoms with Gasteiger partial charge in [-0.2, -0.15) is 0 Å². The molecule has 0 fully saturated rings. The molecule has 5 heteroatoms. The van der Waals surface area contributed by atoms with E-state index in [4.69, 9.17) is 27.8 Å². The molecular formula is C51H32N4S. The Balaban J connectivity index is 1.24. The van der Waals surface area contributed by atoms with E-state index in [1.807, 2.05) is 60.7 Å². The number of aromatic nitrogens is 4. The number of fused-ring (bicyclic) bond motifs is 6. The van der Waals surface area contributed by atoms with Crippen molar-refractivity contribution in [2.45, 2.75) is 0 Å². The molecule has 4 nitrogen and oxygen atoms in total. The van der Waals surface area contributed by atoms with Crippen molar-refractivity contribution in [1.29, 1.82) is 0 Å². The quantitative estimate of drug-likeness (QED) is 0.170. The second-order valence-corrected chi connectivity index (χ2v) is 13.6. The van der Waals surface area contributed by atoms with Crippen molar-refractivity contribution in [3.8, 4) is 62.1 Å². The summed E-state index contributed by atoms with van der Waals surface area (Å²) < 4.78 is 171. The van der Waals surface area contributed by atoms with Crippen LogP contribution in [0, 0.1) is 0 Å². The van der Waals surface area contributed by atoms with Gasteiger partial charge >= 0.3 is 0 Å². The fraction of sp³-hybridized carbons (Fsp3) is 0. The number of benzene rings is 8. The lowest BCUT2D eigenvalue weighted by Gasteiger charge is -2.11. The van der Waals surface area contributed by atoms with Crippen molar-refractivity contribution >= 4 is 53.3 Å². The standard InChI is InChI=1S/C51H32N4S/c1-3-12-33(13-4-1)34-22-24-35(25-23-34)36-14-11-15-37(30-36)49-52-50(54-51(53-49)39-27-29-44-43-19-8-10-21-47(43)56-48(44)32-39)38-26-28-42-41-18-7-9-20-45(41)55(46(42)31-38)40-16-5-2-6-17-40/h1-32H/i2D,5D,6D,7D,8D,9D,10D,16D,17D,18D,19D,20D,21D,26D,27D,28D,29D,31D,32D. The minimum Gasteiger partial charge on any atom is -0.309 e. The molecule has 0 aliphatic rings. The molecule has 0 amide bonds. The Hall–Kier alpha value is -7.21. The maximum atomic E-state index is 9.95. The lowest BCUT2D eigenvalue weighted by molar-refractivity contribution is 1.07. The molecule has 0 unspecified atom stereocenters. The van der Waals surface area contributed by atoms with Crippen LogP contribution in [-0.2, 0) is 0 Å². The van der Waals surface area contributed by atoms with Gasteiger partial charge in [-0.05, 0) is 64.6 Å². The predicted molar refractivity (Wildman–Crippen MR) is 234 cm³/mol. The van der Waals surface area contributed by atoms with Crippen LogP contribution in [-0.4, -0.2) is 19.5 Å². The van der Waals surface area contributed by atoms with Gasteiger partial charge in [0.15, 0.2) is 17.5 Å². The lowest BCUT2D eigenvalue weighted by Crippen LogP contribution is -2.00. The molecule has 262 valence electrons. The smallest absolute Gasteiger partial charge is 0.164 e. The van der Waals surface area contributed by atoms with E-state index in [0.29, 0.717) is 11.1 Å². The lowest BCUT2D eigenvalue weighted by atomic mass is 9.99. The van der Waals surface area contributed by atoms with Crippen LogP contribution < -0.4 is 0 Å². The number of nitrogens with zero attached hydrogens (tertiary/aromatic N) is 4. The van der Waals surface area contributed by atoms with Gasteiger partial charge in [-0.3, -0.25) is 0 Å². The maximum Gasteiger partial charge on any atom is 0.164 e. The fourth-order valence-corrected chi connectivity index (χ4v) is 7.63. The first-order valence-corrected chi connectivity index (χ1v) is 18.0. The number of hydrogen-bond donors (Lipinski definition) is 0. The summed E-state index contributed by atoms with van der Waals surface area (Å²) >= 11 is 0.816. The van der Waals surface area contributed by atoms with Gasteiger partial charge in [0.25, 0.3) is 0 Å². The minimum atomic E-state index is -0.810. The van der Waals surface area contributed by atoms with Gasteiger partial charge in [-0.25, -0.2) is 15.0 Å². The zero-order valence-electron chi connectivity index (χ0n) is 47.7. The van der Waals surface area contributed by atoms with Gasteiger partial charge in [-0.1, -0.05) is 151 Å². The largest absolute Gasteiger partial charge is 0.309 e. The Morgan fingerprint density at radius 1 is 0.393 bits per heavy atom. The van der Waals surface area contributed by atoms with Crippen LogP contribution in [0.5, 0.6) is 0 Å². The molecule has 0 aliphatic heterocycles. The zero-order valence-corrected chi connectivity index (χ0v) is 29.5. The van der Waals surface area contributed by atoms with E-state index in [-0.39, 0.29) is 42.3 Å². The first-order valence-electron chi connectivity index (χ1n) is 26.7. The van der Waals surface area contributed by atoms with Crippen LogP contribution in [0.4, 0.5) is 0 Å². The van der Waals surface area contributed by atoms with Crippen molar-refractivity contribution in [3.63, 3.8) is 0 Å². The molecular weight excluding hydrogens is 701 g/mol. The van der Waals surface area contributed by atoms with Crippen molar-refractivity contribution in [2.24, 2.45) is 0 Å². The molecule has 3 aromatic heterocycles. The Kier molecular flexibility index (Phi) is 4.36. The summed E-state index contributed by atoms with van der Waals surface area (Å²) in [5, 5.41) is -0.864. The van der Waals surface area contributed by atoms with E-state index in [2.05, 4.69) is 4.98 Å². The first-order chi connectivity index (χ1) is 35.7.